The number of aliphatic hydroxyl groups is 1. The zero-order chi connectivity index (χ0) is 21.0. The maximum absolute atomic E-state index is 12.8. The van der Waals surface area contributed by atoms with Crippen LogP contribution in [0.4, 0.5) is 0 Å². The van der Waals surface area contributed by atoms with Crippen LogP contribution in [0.25, 0.3) is 10.8 Å². The van der Waals surface area contributed by atoms with E-state index in [-0.39, 0.29) is 17.8 Å². The van der Waals surface area contributed by atoms with Crippen LogP contribution in [0.2, 0.25) is 0 Å². The number of nitrogens with one attached hydrogen (secondary N) is 2. The van der Waals surface area contributed by atoms with Gasteiger partial charge in [0, 0.05) is 11.8 Å². The summed E-state index contributed by atoms with van der Waals surface area (Å²) in [5.74, 6) is -0.444. The Kier molecular flexibility index (Phi) is 5.46. The smallest absolute Gasteiger partial charge is 0.267 e. The minimum absolute atomic E-state index is 0.000399. The van der Waals surface area contributed by atoms with E-state index < -0.39 is 11.5 Å². The number of rotatable bonds is 6. The molecule has 3 aromatic carbocycles. The van der Waals surface area contributed by atoms with Crippen LogP contribution in [0.3, 0.4) is 0 Å². The second-order valence-electron chi connectivity index (χ2n) is 7.34. The van der Waals surface area contributed by atoms with Gasteiger partial charge in [0.15, 0.2) is 0 Å². The first-order chi connectivity index (χ1) is 14.5. The summed E-state index contributed by atoms with van der Waals surface area (Å²) in [6.07, 6.45) is 0.340. The molecule has 5 heteroatoms. The van der Waals surface area contributed by atoms with Crippen LogP contribution >= 0.6 is 0 Å². The van der Waals surface area contributed by atoms with Gasteiger partial charge in [-0.3, -0.25) is 9.59 Å². The number of fused-ring (bicyclic) bond motifs is 1. The molecule has 1 amide bonds. The first-order valence-electron chi connectivity index (χ1n) is 9.77. The highest BCUT2D eigenvalue weighted by Crippen LogP contribution is 2.25. The summed E-state index contributed by atoms with van der Waals surface area (Å²) in [6.45, 7) is -0.000399. The molecule has 1 atom stereocenters. The molecule has 0 bridgehead atoms. The Morgan fingerprint density at radius 3 is 2.27 bits per heavy atom. The molecule has 0 aliphatic heterocycles. The van der Waals surface area contributed by atoms with Crippen molar-refractivity contribution in [2.75, 3.05) is 6.54 Å². The molecular formula is C25H22N2O3. The standard InChI is InChI=1S/C25H22N2O3/c28-23-21-14-8-7-11-19(21)15-22(27-23)24(29)26-17-25(30,20-12-5-2-6-13-20)16-18-9-3-1-4-10-18/h1-15,30H,16-17H2,(H,26,29)(H,27,28)/t25-/m1/s1. The largest absolute Gasteiger partial charge is 0.383 e. The van der Waals surface area contributed by atoms with Gasteiger partial charge in [-0.05, 0) is 28.6 Å². The van der Waals surface area contributed by atoms with Gasteiger partial charge >= 0.3 is 0 Å². The van der Waals surface area contributed by atoms with Crippen molar-refractivity contribution >= 4 is 16.7 Å². The highest BCUT2D eigenvalue weighted by molar-refractivity contribution is 5.96. The molecule has 0 aliphatic rings. The summed E-state index contributed by atoms with van der Waals surface area (Å²) in [5.41, 5.74) is 0.211. The fraction of sp³-hybridized carbons (Fsp3) is 0.120. The topological polar surface area (TPSA) is 82.2 Å². The molecular weight excluding hydrogens is 376 g/mol. The monoisotopic (exact) mass is 398 g/mol. The van der Waals surface area contributed by atoms with E-state index in [2.05, 4.69) is 10.3 Å². The molecule has 1 aromatic heterocycles. The van der Waals surface area contributed by atoms with Crippen LogP contribution in [-0.4, -0.2) is 22.5 Å². The first-order valence-corrected chi connectivity index (χ1v) is 9.77. The van der Waals surface area contributed by atoms with Crippen molar-refractivity contribution in [2.24, 2.45) is 0 Å². The zero-order valence-corrected chi connectivity index (χ0v) is 16.3. The molecule has 0 radical (unpaired) electrons. The fourth-order valence-electron chi connectivity index (χ4n) is 3.60. The molecule has 0 spiro atoms. The Labute approximate surface area is 174 Å². The number of aromatic nitrogens is 1. The Bertz CT molecular complexity index is 1220. The summed E-state index contributed by atoms with van der Waals surface area (Å²) >= 11 is 0. The number of aromatic amines is 1. The normalized spacial score (nSPS) is 13.0. The minimum atomic E-state index is -1.30. The highest BCUT2D eigenvalue weighted by Gasteiger charge is 2.30. The third-order valence-electron chi connectivity index (χ3n) is 5.19. The second-order valence-corrected chi connectivity index (χ2v) is 7.34. The molecule has 1 heterocycles. The lowest BCUT2D eigenvalue weighted by Crippen LogP contribution is -2.42. The number of hydrogen-bond donors (Lipinski definition) is 3. The summed E-state index contributed by atoms with van der Waals surface area (Å²) in [4.78, 5) is 27.7. The van der Waals surface area contributed by atoms with E-state index in [1.807, 2.05) is 66.7 Å². The van der Waals surface area contributed by atoms with Gasteiger partial charge in [0.1, 0.15) is 11.3 Å². The van der Waals surface area contributed by atoms with Crippen molar-refractivity contribution in [2.45, 2.75) is 12.0 Å². The molecule has 5 nitrogen and oxygen atoms in total. The average Bonchev–Trinajstić information content (AvgIpc) is 2.79. The van der Waals surface area contributed by atoms with Crippen LogP contribution in [0.5, 0.6) is 0 Å². The lowest BCUT2D eigenvalue weighted by Gasteiger charge is -2.29. The lowest BCUT2D eigenvalue weighted by molar-refractivity contribution is 0.0352. The first kappa shape index (κ1) is 19.6. The predicted molar refractivity (Wildman–Crippen MR) is 117 cm³/mol. The Hall–Kier alpha value is -3.70. The van der Waals surface area contributed by atoms with Crippen LogP contribution < -0.4 is 10.9 Å². The molecule has 4 rings (SSSR count). The molecule has 0 saturated heterocycles. The van der Waals surface area contributed by atoms with Crippen molar-refractivity contribution in [1.82, 2.24) is 10.3 Å². The number of benzene rings is 3. The maximum Gasteiger partial charge on any atom is 0.267 e. The Morgan fingerprint density at radius 2 is 1.53 bits per heavy atom. The summed E-state index contributed by atoms with van der Waals surface area (Å²) in [7, 11) is 0. The molecule has 150 valence electrons. The van der Waals surface area contributed by atoms with Crippen molar-refractivity contribution < 1.29 is 9.90 Å². The minimum Gasteiger partial charge on any atom is -0.383 e. The fourth-order valence-corrected chi connectivity index (χ4v) is 3.60. The number of carbonyl (C=O) groups is 1. The van der Waals surface area contributed by atoms with E-state index in [0.29, 0.717) is 22.8 Å². The third kappa shape index (κ3) is 4.16. The van der Waals surface area contributed by atoms with Gasteiger partial charge in [-0.1, -0.05) is 78.9 Å². The van der Waals surface area contributed by atoms with Crippen LogP contribution in [-0.2, 0) is 12.0 Å². The zero-order valence-electron chi connectivity index (χ0n) is 16.3. The predicted octanol–water partition coefficient (Wildman–Crippen LogP) is 3.39. The number of amides is 1. The number of pyridine rings is 1. The van der Waals surface area contributed by atoms with E-state index in [9.17, 15) is 14.7 Å². The van der Waals surface area contributed by atoms with Crippen molar-refractivity contribution in [3.63, 3.8) is 0 Å². The third-order valence-corrected chi connectivity index (χ3v) is 5.19. The van der Waals surface area contributed by atoms with Crippen molar-refractivity contribution in [3.8, 4) is 0 Å². The Morgan fingerprint density at radius 1 is 0.900 bits per heavy atom. The van der Waals surface area contributed by atoms with Gasteiger partial charge in [0.05, 0.1) is 6.54 Å². The maximum atomic E-state index is 12.8. The molecule has 0 fully saturated rings. The molecule has 0 saturated carbocycles. The van der Waals surface area contributed by atoms with Gasteiger partial charge in [-0.25, -0.2) is 0 Å². The van der Waals surface area contributed by atoms with Gasteiger partial charge < -0.3 is 15.4 Å². The summed E-state index contributed by atoms with van der Waals surface area (Å²) in [5, 5.41) is 15.5. The van der Waals surface area contributed by atoms with Crippen molar-refractivity contribution in [3.05, 3.63) is 118 Å². The van der Waals surface area contributed by atoms with Gasteiger partial charge in [-0.2, -0.15) is 0 Å². The highest BCUT2D eigenvalue weighted by atomic mass is 16.3. The van der Waals surface area contributed by atoms with Gasteiger partial charge in [0.25, 0.3) is 11.5 Å². The molecule has 30 heavy (non-hydrogen) atoms. The SMILES string of the molecule is O=C(NC[C@](O)(Cc1ccccc1)c1ccccc1)c1cc2ccccc2c(=O)[nH]1. The van der Waals surface area contributed by atoms with Crippen LogP contribution in [0.15, 0.2) is 95.8 Å². The summed E-state index contributed by atoms with van der Waals surface area (Å²) in [6, 6.07) is 27.6. The van der Waals surface area contributed by atoms with E-state index in [1.165, 1.54) is 0 Å². The van der Waals surface area contributed by atoms with Gasteiger partial charge in [0.2, 0.25) is 0 Å². The second kappa shape index (κ2) is 8.35. The number of hydrogen-bond acceptors (Lipinski definition) is 3. The summed E-state index contributed by atoms with van der Waals surface area (Å²) < 4.78 is 0. The van der Waals surface area contributed by atoms with E-state index in [4.69, 9.17) is 0 Å². The molecule has 4 aromatic rings. The quantitative estimate of drug-likeness (QED) is 0.466. The van der Waals surface area contributed by atoms with E-state index in [1.54, 1.807) is 24.3 Å². The van der Waals surface area contributed by atoms with E-state index in [0.717, 1.165) is 5.56 Å². The van der Waals surface area contributed by atoms with Crippen LogP contribution in [0, 0.1) is 0 Å². The number of carbonyl (C=O) groups excluding carboxylic acids is 1. The van der Waals surface area contributed by atoms with Crippen LogP contribution in [0.1, 0.15) is 21.6 Å². The van der Waals surface area contributed by atoms with E-state index >= 15 is 0 Å². The van der Waals surface area contributed by atoms with Gasteiger partial charge in [-0.15, -0.1) is 0 Å². The molecule has 0 aliphatic carbocycles. The number of H-pyrrole nitrogens is 1. The average molecular weight is 398 g/mol. The molecule has 3 N–H and O–H groups in total. The van der Waals surface area contributed by atoms with Crippen molar-refractivity contribution in [1.29, 1.82) is 0 Å². The lowest BCUT2D eigenvalue weighted by atomic mass is 9.87. The molecule has 0 unspecified atom stereocenters. The Balaban J connectivity index is 1.59.